The van der Waals surface area contributed by atoms with Crippen molar-refractivity contribution >= 4 is 23.3 Å². The Morgan fingerprint density at radius 1 is 0.938 bits per heavy atom. The number of hydrogen-bond donors (Lipinski definition) is 1. The molecule has 0 fully saturated rings. The summed E-state index contributed by atoms with van der Waals surface area (Å²) in [6.45, 7) is 4.57. The number of amides is 2. The van der Waals surface area contributed by atoms with Gasteiger partial charge >= 0.3 is 6.03 Å². The number of hydrogen-bond acceptors (Lipinski definition) is 1. The average Bonchev–Trinajstić information content (AvgIpc) is 3.22. The lowest BCUT2D eigenvalue weighted by molar-refractivity contribution is 0.194. The molecule has 0 saturated carbocycles. The lowest BCUT2D eigenvalue weighted by atomic mass is 10.0. The van der Waals surface area contributed by atoms with Crippen LogP contribution in [0.2, 0.25) is 5.02 Å². The van der Waals surface area contributed by atoms with Crippen molar-refractivity contribution < 1.29 is 4.79 Å². The quantitative estimate of drug-likeness (QED) is 0.361. The molecule has 3 aromatic carbocycles. The summed E-state index contributed by atoms with van der Waals surface area (Å²) in [4.78, 5) is 15.7. The van der Waals surface area contributed by atoms with E-state index in [2.05, 4.69) is 47.3 Å². The Kier molecular flexibility index (Phi) is 5.24. The number of aryl methyl sites for hydroxylation is 1. The number of carbonyl (C=O) groups is 1. The van der Waals surface area contributed by atoms with Gasteiger partial charge in [-0.25, -0.2) is 4.79 Å². The number of anilines is 1. The fourth-order valence-corrected chi connectivity index (χ4v) is 4.53. The van der Waals surface area contributed by atoms with Gasteiger partial charge in [0.1, 0.15) is 0 Å². The third kappa shape index (κ3) is 3.57. The Morgan fingerprint density at radius 2 is 1.72 bits per heavy atom. The second-order valence-electron chi connectivity index (χ2n) is 8.19. The lowest BCUT2D eigenvalue weighted by Gasteiger charge is -2.31. The molecule has 2 amide bonds. The summed E-state index contributed by atoms with van der Waals surface area (Å²) in [5.41, 5.74) is 7.28. The monoisotopic (exact) mass is 441 g/mol. The van der Waals surface area contributed by atoms with Crippen LogP contribution in [0.4, 0.5) is 10.5 Å². The minimum Gasteiger partial charge on any atom is -0.318 e. The highest BCUT2D eigenvalue weighted by atomic mass is 35.5. The van der Waals surface area contributed by atoms with E-state index in [-0.39, 0.29) is 12.1 Å². The maximum Gasteiger partial charge on any atom is 0.322 e. The number of fused-ring (bicyclic) bond motifs is 3. The van der Waals surface area contributed by atoms with Crippen LogP contribution in [0.15, 0.2) is 85.1 Å². The van der Waals surface area contributed by atoms with E-state index in [4.69, 9.17) is 11.6 Å². The number of para-hydroxylation sites is 1. The molecule has 0 spiro atoms. The Bertz CT molecular complexity index is 1290. The van der Waals surface area contributed by atoms with Crippen LogP contribution in [-0.2, 0) is 6.54 Å². The van der Waals surface area contributed by atoms with E-state index >= 15 is 0 Å². The molecule has 5 heteroatoms. The van der Waals surface area contributed by atoms with Crippen LogP contribution in [0.3, 0.4) is 0 Å². The van der Waals surface area contributed by atoms with Crippen molar-refractivity contribution in [2.75, 3.05) is 5.32 Å². The number of benzene rings is 3. The Hall–Kier alpha value is -3.50. The fraction of sp³-hybridized carbons (Fsp3) is 0.148. The summed E-state index contributed by atoms with van der Waals surface area (Å²) >= 11 is 6.18. The molecular formula is C27H24ClN3O. The zero-order chi connectivity index (χ0) is 22.2. The number of carbonyl (C=O) groups excluding carboxylic acids is 1. The molecule has 4 aromatic rings. The molecule has 1 aliphatic heterocycles. The maximum atomic E-state index is 13.8. The normalized spacial score (nSPS) is 15.0. The number of nitrogens with one attached hydrogen (secondary N) is 1. The number of urea groups is 1. The Morgan fingerprint density at radius 3 is 2.53 bits per heavy atom. The van der Waals surface area contributed by atoms with Crippen molar-refractivity contribution in [2.24, 2.45) is 0 Å². The first-order valence-electron chi connectivity index (χ1n) is 10.7. The Balaban J connectivity index is 1.64. The van der Waals surface area contributed by atoms with Crippen LogP contribution in [0, 0.1) is 13.8 Å². The molecule has 0 aliphatic carbocycles. The van der Waals surface area contributed by atoms with E-state index in [9.17, 15) is 4.79 Å². The predicted octanol–water partition coefficient (Wildman–Crippen LogP) is 6.88. The molecule has 2 heterocycles. The highest BCUT2D eigenvalue weighted by Gasteiger charge is 2.33. The molecule has 0 bridgehead atoms. The molecule has 1 aliphatic rings. The van der Waals surface area contributed by atoms with Gasteiger partial charge in [0.25, 0.3) is 0 Å². The van der Waals surface area contributed by atoms with E-state index in [0.717, 1.165) is 39.3 Å². The summed E-state index contributed by atoms with van der Waals surface area (Å²) in [6, 6.07) is 25.7. The van der Waals surface area contributed by atoms with Gasteiger partial charge < -0.3 is 14.8 Å². The highest BCUT2D eigenvalue weighted by Crippen LogP contribution is 2.37. The number of nitrogens with zero attached hydrogens (tertiary/aromatic N) is 2. The number of rotatable bonds is 2. The van der Waals surface area contributed by atoms with Crippen LogP contribution in [0.5, 0.6) is 0 Å². The van der Waals surface area contributed by atoms with Gasteiger partial charge in [0.2, 0.25) is 0 Å². The van der Waals surface area contributed by atoms with Gasteiger partial charge in [-0.05, 0) is 72.5 Å². The largest absolute Gasteiger partial charge is 0.322 e. The lowest BCUT2D eigenvalue weighted by Crippen LogP contribution is -2.38. The van der Waals surface area contributed by atoms with E-state index in [1.54, 1.807) is 0 Å². The van der Waals surface area contributed by atoms with Crippen molar-refractivity contribution in [1.29, 1.82) is 0 Å². The molecule has 1 atom stereocenters. The van der Waals surface area contributed by atoms with Gasteiger partial charge in [-0.3, -0.25) is 0 Å². The van der Waals surface area contributed by atoms with Crippen LogP contribution >= 0.6 is 11.6 Å². The predicted molar refractivity (Wildman–Crippen MR) is 130 cm³/mol. The third-order valence-corrected chi connectivity index (χ3v) is 6.51. The first-order valence-corrected chi connectivity index (χ1v) is 11.1. The van der Waals surface area contributed by atoms with Crippen molar-refractivity contribution in [3.8, 4) is 5.69 Å². The van der Waals surface area contributed by atoms with Gasteiger partial charge in [-0.15, -0.1) is 0 Å². The summed E-state index contributed by atoms with van der Waals surface area (Å²) in [5, 5.41) is 3.84. The third-order valence-electron chi connectivity index (χ3n) is 6.26. The molecule has 4 nitrogen and oxygen atoms in total. The zero-order valence-corrected chi connectivity index (χ0v) is 18.8. The summed E-state index contributed by atoms with van der Waals surface area (Å²) < 4.78 is 2.18. The van der Waals surface area contributed by atoms with Crippen molar-refractivity contribution in [2.45, 2.75) is 26.4 Å². The first kappa shape index (κ1) is 20.4. The van der Waals surface area contributed by atoms with Crippen molar-refractivity contribution in [1.82, 2.24) is 9.47 Å². The second-order valence-corrected chi connectivity index (χ2v) is 8.63. The standard InChI is InChI=1S/C27H24ClN3O/c1-18-7-5-9-23(19(18)2)29-27(32)31-17-21-8-3-4-10-24(21)30-16-6-11-25(30)26(31)20-12-14-22(28)15-13-20/h3-16,26H,17H2,1-2H3,(H,29,32). The van der Waals surface area contributed by atoms with Crippen molar-refractivity contribution in [3.63, 3.8) is 0 Å². The first-order chi connectivity index (χ1) is 15.5. The maximum absolute atomic E-state index is 13.8. The smallest absolute Gasteiger partial charge is 0.318 e. The minimum absolute atomic E-state index is 0.136. The van der Waals surface area contributed by atoms with Crippen LogP contribution < -0.4 is 5.32 Å². The van der Waals surface area contributed by atoms with E-state index < -0.39 is 0 Å². The summed E-state index contributed by atoms with van der Waals surface area (Å²) in [5.74, 6) is 0. The molecule has 0 saturated heterocycles. The highest BCUT2D eigenvalue weighted by molar-refractivity contribution is 6.30. The van der Waals surface area contributed by atoms with Gasteiger partial charge in [0, 0.05) is 22.6 Å². The molecule has 1 N–H and O–H groups in total. The van der Waals surface area contributed by atoms with Gasteiger partial charge in [-0.1, -0.05) is 54.1 Å². The molecular weight excluding hydrogens is 418 g/mol. The zero-order valence-electron chi connectivity index (χ0n) is 18.0. The molecule has 160 valence electrons. The Labute approximate surface area is 193 Å². The summed E-state index contributed by atoms with van der Waals surface area (Å²) in [6.07, 6.45) is 2.06. The van der Waals surface area contributed by atoms with Gasteiger partial charge in [-0.2, -0.15) is 0 Å². The van der Waals surface area contributed by atoms with Crippen LogP contribution in [0.25, 0.3) is 5.69 Å². The minimum atomic E-state index is -0.264. The topological polar surface area (TPSA) is 37.3 Å². The molecule has 5 rings (SSSR count). The van der Waals surface area contributed by atoms with Gasteiger partial charge in [0.05, 0.1) is 18.3 Å². The van der Waals surface area contributed by atoms with Crippen LogP contribution in [0.1, 0.15) is 34.0 Å². The fourth-order valence-electron chi connectivity index (χ4n) is 4.41. The molecule has 1 aromatic heterocycles. The molecule has 1 unspecified atom stereocenters. The van der Waals surface area contributed by atoms with E-state index in [0.29, 0.717) is 11.6 Å². The van der Waals surface area contributed by atoms with E-state index in [1.165, 1.54) is 0 Å². The molecule has 0 radical (unpaired) electrons. The average molecular weight is 442 g/mol. The summed E-state index contributed by atoms with van der Waals surface area (Å²) in [7, 11) is 0. The SMILES string of the molecule is Cc1cccc(NC(=O)N2Cc3ccccc3-n3cccc3C2c2ccc(Cl)cc2)c1C. The number of aromatic nitrogens is 1. The van der Waals surface area contributed by atoms with Crippen molar-refractivity contribution in [3.05, 3.63) is 118 Å². The van der Waals surface area contributed by atoms with Gasteiger partial charge in [0.15, 0.2) is 0 Å². The number of halogens is 1. The molecule has 32 heavy (non-hydrogen) atoms. The van der Waals surface area contributed by atoms with E-state index in [1.807, 2.05) is 66.4 Å². The second kappa shape index (κ2) is 8.21. The van der Waals surface area contributed by atoms with Crippen LogP contribution in [-0.4, -0.2) is 15.5 Å².